The molecular weight excluding hydrogens is 147 g/mol. The molecule has 0 aromatic carbocycles. The molecule has 0 saturated carbocycles. The second-order valence-corrected chi connectivity index (χ2v) is 17.2. The van der Waals surface area contributed by atoms with Gasteiger partial charge in [0.15, 0.2) is 0 Å². The summed E-state index contributed by atoms with van der Waals surface area (Å²) >= 11 is 0. The van der Waals surface area contributed by atoms with Crippen LogP contribution in [0.15, 0.2) is 0 Å². The van der Waals surface area contributed by atoms with Crippen LogP contribution in [-0.2, 0) is 0 Å². The molecule has 2 heteroatoms. The summed E-state index contributed by atoms with van der Waals surface area (Å²) in [5, 5.41) is 0. The van der Waals surface area contributed by atoms with E-state index in [-0.39, 0.29) is 9.65 Å². The highest BCUT2D eigenvalue weighted by molar-refractivity contribution is 8.81. The molecule has 0 spiro atoms. The Morgan fingerprint density at radius 1 is 1.11 bits per heavy atom. The molecule has 0 atom stereocenters. The van der Waals surface area contributed by atoms with Gasteiger partial charge in [-0.3, -0.25) is 0 Å². The lowest BCUT2D eigenvalue weighted by molar-refractivity contribution is 1.49. The zero-order chi connectivity index (χ0) is 7.71. The standard InChI is InChI=1S/C7H20PS/c1-7-8(2,3)9(4,5)6/h7H2,1-6H3/q+1. The molecule has 0 aromatic heterocycles. The van der Waals surface area contributed by atoms with Crippen molar-refractivity contribution in [2.45, 2.75) is 6.92 Å². The van der Waals surface area contributed by atoms with Gasteiger partial charge in [-0.2, -0.15) is 0 Å². The summed E-state index contributed by atoms with van der Waals surface area (Å²) in [5.41, 5.74) is 0. The zero-order valence-corrected chi connectivity index (χ0v) is 9.27. The van der Waals surface area contributed by atoms with Gasteiger partial charge in [0.2, 0.25) is 0 Å². The molecule has 0 fully saturated rings. The SMILES string of the molecule is CC[P+](C)(C)S(C)(C)C. The minimum absolute atomic E-state index is 0.241. The van der Waals surface area contributed by atoms with Gasteiger partial charge in [-0.1, -0.05) is 0 Å². The van der Waals surface area contributed by atoms with E-state index in [0.717, 1.165) is 0 Å². The van der Waals surface area contributed by atoms with Crippen molar-refractivity contribution in [3.8, 4) is 0 Å². The molecule has 0 saturated heterocycles. The van der Waals surface area contributed by atoms with Crippen LogP contribution in [0.25, 0.3) is 0 Å². The van der Waals surface area contributed by atoms with Crippen LogP contribution in [0.1, 0.15) is 6.92 Å². The third-order valence-corrected chi connectivity index (χ3v) is 16.4. The Labute approximate surface area is 61.8 Å². The molecule has 0 N–H and O–H groups in total. The van der Waals surface area contributed by atoms with Gasteiger partial charge in [0.1, 0.15) is 0 Å². The van der Waals surface area contributed by atoms with Crippen LogP contribution >= 0.6 is 16.1 Å². The van der Waals surface area contributed by atoms with Crippen LogP contribution in [0.3, 0.4) is 0 Å². The van der Waals surface area contributed by atoms with Gasteiger partial charge in [0.25, 0.3) is 0 Å². The Morgan fingerprint density at radius 3 is 1.44 bits per heavy atom. The first-order chi connectivity index (χ1) is 3.81. The Morgan fingerprint density at radius 2 is 1.44 bits per heavy atom. The van der Waals surface area contributed by atoms with Crippen molar-refractivity contribution < 1.29 is 0 Å². The highest BCUT2D eigenvalue weighted by atomic mass is 32.8. The largest absolute Gasteiger partial charge is 0.135 e. The van der Waals surface area contributed by atoms with Crippen LogP contribution in [0.2, 0.25) is 0 Å². The second kappa shape index (κ2) is 2.80. The number of rotatable bonds is 2. The predicted molar refractivity (Wildman–Crippen MR) is 54.7 cm³/mol. The van der Waals surface area contributed by atoms with E-state index in [1.54, 1.807) is 0 Å². The lowest BCUT2D eigenvalue weighted by Gasteiger charge is -2.35. The van der Waals surface area contributed by atoms with E-state index in [9.17, 15) is 0 Å². The minimum Gasteiger partial charge on any atom is -0.135 e. The summed E-state index contributed by atoms with van der Waals surface area (Å²) < 4.78 is 0. The molecule has 0 bridgehead atoms. The summed E-state index contributed by atoms with van der Waals surface area (Å²) in [7, 11) is -0.241. The molecule has 0 heterocycles. The van der Waals surface area contributed by atoms with Crippen LogP contribution < -0.4 is 0 Å². The van der Waals surface area contributed by atoms with E-state index in [0.29, 0.717) is 0 Å². The van der Waals surface area contributed by atoms with Gasteiger partial charge in [0.05, 0.1) is 19.5 Å². The Kier molecular flexibility index (Phi) is 3.04. The maximum atomic E-state index is 2.47. The van der Waals surface area contributed by atoms with Crippen molar-refractivity contribution in [2.75, 3.05) is 38.3 Å². The maximum Gasteiger partial charge on any atom is 0.0646 e. The Balaban J connectivity index is 4.14. The molecule has 0 amide bonds. The Bertz CT molecular complexity index is 91.6. The normalized spacial score (nSPS) is 15.8. The number of hydrogen-bond donors (Lipinski definition) is 0. The van der Waals surface area contributed by atoms with Crippen molar-refractivity contribution in [2.24, 2.45) is 0 Å². The minimum atomic E-state index is -0.524. The smallest absolute Gasteiger partial charge is 0.0646 e. The summed E-state index contributed by atoms with van der Waals surface area (Å²) in [6, 6.07) is 0. The van der Waals surface area contributed by atoms with E-state index in [2.05, 4.69) is 39.0 Å². The van der Waals surface area contributed by atoms with Gasteiger partial charge in [0, 0.05) is 6.46 Å². The molecule has 0 nitrogen and oxygen atoms in total. The summed E-state index contributed by atoms with van der Waals surface area (Å²) in [5.74, 6) is 0. The summed E-state index contributed by atoms with van der Waals surface area (Å²) in [6.07, 6.45) is 8.71. The molecule has 0 unspecified atom stereocenters. The predicted octanol–water partition coefficient (Wildman–Crippen LogP) is 2.89. The molecule has 0 aliphatic carbocycles. The zero-order valence-electron chi connectivity index (χ0n) is 7.56. The van der Waals surface area contributed by atoms with Crippen LogP contribution in [0.5, 0.6) is 0 Å². The Hall–Kier alpha value is 0.780. The van der Waals surface area contributed by atoms with Crippen LogP contribution in [0, 0.1) is 0 Å². The third kappa shape index (κ3) is 2.47. The average molecular weight is 167 g/mol. The molecule has 9 heavy (non-hydrogen) atoms. The first kappa shape index (κ1) is 9.78. The fraction of sp³-hybridized carbons (Fsp3) is 1.00. The van der Waals surface area contributed by atoms with Crippen molar-refractivity contribution in [3.05, 3.63) is 0 Å². The van der Waals surface area contributed by atoms with Gasteiger partial charge < -0.3 is 0 Å². The number of hydrogen-bond acceptors (Lipinski definition) is 0. The first-order valence-electron chi connectivity index (χ1n) is 3.33. The van der Waals surface area contributed by atoms with Gasteiger partial charge in [-0.25, -0.2) is 0 Å². The van der Waals surface area contributed by atoms with Gasteiger partial charge in [-0.15, -0.1) is 9.65 Å². The molecule has 0 radical (unpaired) electrons. The maximum absolute atomic E-state index is 2.47. The summed E-state index contributed by atoms with van der Waals surface area (Å²) in [6.45, 7) is 6.75. The average Bonchev–Trinajstić information content (AvgIpc) is 1.64. The van der Waals surface area contributed by atoms with Gasteiger partial charge >= 0.3 is 0 Å². The molecule has 0 rings (SSSR count). The fourth-order valence-electron chi connectivity index (χ4n) is 0.387. The monoisotopic (exact) mass is 167 g/mol. The fourth-order valence-corrected chi connectivity index (χ4v) is 3.49. The second-order valence-electron chi connectivity index (χ2n) is 3.66. The van der Waals surface area contributed by atoms with Crippen molar-refractivity contribution >= 4 is 16.1 Å². The topological polar surface area (TPSA) is 0 Å². The third-order valence-electron chi connectivity index (χ3n) is 2.24. The van der Waals surface area contributed by atoms with Crippen molar-refractivity contribution in [3.63, 3.8) is 0 Å². The van der Waals surface area contributed by atoms with Gasteiger partial charge in [-0.05, 0) is 25.7 Å². The quantitative estimate of drug-likeness (QED) is 0.555. The summed E-state index contributed by atoms with van der Waals surface area (Å²) in [4.78, 5) is 0. The lowest BCUT2D eigenvalue weighted by Crippen LogP contribution is -2.00. The van der Waals surface area contributed by atoms with Crippen molar-refractivity contribution in [1.82, 2.24) is 0 Å². The van der Waals surface area contributed by atoms with E-state index in [1.165, 1.54) is 6.16 Å². The van der Waals surface area contributed by atoms with Crippen LogP contribution in [0.4, 0.5) is 0 Å². The molecule has 58 valence electrons. The lowest BCUT2D eigenvalue weighted by atomic mass is 11.0. The molecule has 0 aliphatic rings. The van der Waals surface area contributed by atoms with E-state index < -0.39 is 6.46 Å². The van der Waals surface area contributed by atoms with Crippen molar-refractivity contribution in [1.29, 1.82) is 0 Å². The highest BCUT2D eigenvalue weighted by Gasteiger charge is 2.33. The molecule has 0 aliphatic heterocycles. The van der Waals surface area contributed by atoms with E-state index >= 15 is 0 Å². The van der Waals surface area contributed by atoms with Crippen LogP contribution in [-0.4, -0.2) is 38.3 Å². The molecule has 0 aromatic rings. The molecular formula is C7H20PS+. The van der Waals surface area contributed by atoms with E-state index in [4.69, 9.17) is 0 Å². The van der Waals surface area contributed by atoms with E-state index in [1.807, 2.05) is 0 Å². The first-order valence-corrected chi connectivity index (χ1v) is 9.66. The highest BCUT2D eigenvalue weighted by Crippen LogP contribution is 2.79.